The highest BCUT2D eigenvalue weighted by Gasteiger charge is 2.32. The van der Waals surface area contributed by atoms with Crippen LogP contribution in [0.2, 0.25) is 0 Å². The van der Waals surface area contributed by atoms with E-state index in [0.29, 0.717) is 6.61 Å². The molecule has 5 nitrogen and oxygen atoms in total. The molecule has 13 heavy (non-hydrogen) atoms. The van der Waals surface area contributed by atoms with E-state index in [-0.39, 0.29) is 18.1 Å². The predicted molar refractivity (Wildman–Crippen MR) is 47.0 cm³/mol. The molecule has 1 heterocycles. The van der Waals surface area contributed by atoms with Crippen LogP contribution < -0.4 is 5.48 Å². The minimum atomic E-state index is -0.256. The summed E-state index contributed by atoms with van der Waals surface area (Å²) in [5, 5.41) is 0. The van der Waals surface area contributed by atoms with Crippen LogP contribution in [0.25, 0.3) is 0 Å². The topological polar surface area (TPSA) is 50.8 Å². The molecule has 1 fully saturated rings. The number of likely N-dealkylation sites (N-methyl/N-ethyl adjacent to an activating group) is 1. The van der Waals surface area contributed by atoms with Crippen LogP contribution >= 0.6 is 0 Å². The maximum absolute atomic E-state index is 11.5. The van der Waals surface area contributed by atoms with Crippen LogP contribution in [-0.4, -0.2) is 50.3 Å². The van der Waals surface area contributed by atoms with Crippen LogP contribution in [0.3, 0.4) is 0 Å². The minimum Gasteiger partial charge on any atom is -0.375 e. The number of hydrogen-bond acceptors (Lipinski definition) is 4. The van der Waals surface area contributed by atoms with Crippen LogP contribution in [-0.2, 0) is 14.4 Å². The average Bonchev–Trinajstić information content (AvgIpc) is 2.04. The fourth-order valence-corrected chi connectivity index (χ4v) is 1.55. The molecule has 0 radical (unpaired) electrons. The smallest absolute Gasteiger partial charge is 0.263 e. The fourth-order valence-electron chi connectivity index (χ4n) is 1.55. The molecule has 0 saturated carbocycles. The van der Waals surface area contributed by atoms with Gasteiger partial charge in [0.2, 0.25) is 0 Å². The summed E-state index contributed by atoms with van der Waals surface area (Å²) in [6.07, 6.45) is -0.0890. The monoisotopic (exact) mass is 188 g/mol. The zero-order chi connectivity index (χ0) is 9.84. The van der Waals surface area contributed by atoms with Gasteiger partial charge in [-0.25, -0.2) is 5.48 Å². The van der Waals surface area contributed by atoms with Crippen molar-refractivity contribution in [1.82, 2.24) is 10.4 Å². The fraction of sp³-hybridized carbons (Fsp3) is 0.875. The molecule has 0 unspecified atom stereocenters. The number of rotatable bonds is 2. The van der Waals surface area contributed by atoms with Crippen molar-refractivity contribution in [2.75, 3.05) is 27.3 Å². The third kappa shape index (κ3) is 2.40. The van der Waals surface area contributed by atoms with E-state index >= 15 is 0 Å². The molecule has 0 bridgehead atoms. The van der Waals surface area contributed by atoms with Crippen molar-refractivity contribution in [2.24, 2.45) is 0 Å². The lowest BCUT2D eigenvalue weighted by atomic mass is 10.1. The number of carbonyl (C=O) groups is 1. The molecule has 5 heteroatoms. The van der Waals surface area contributed by atoms with Crippen molar-refractivity contribution in [3.05, 3.63) is 0 Å². The first-order chi connectivity index (χ1) is 6.16. The molecule has 1 aliphatic heterocycles. The van der Waals surface area contributed by atoms with Gasteiger partial charge in [-0.3, -0.25) is 14.5 Å². The summed E-state index contributed by atoms with van der Waals surface area (Å²) in [5.41, 5.74) is 2.32. The van der Waals surface area contributed by atoms with Crippen molar-refractivity contribution in [1.29, 1.82) is 0 Å². The SMILES string of the molecule is CONC(=O)[C@@H]1[C@@H](C)OCCN1C. The van der Waals surface area contributed by atoms with Crippen molar-refractivity contribution < 1.29 is 14.4 Å². The van der Waals surface area contributed by atoms with Crippen molar-refractivity contribution in [3.8, 4) is 0 Å². The van der Waals surface area contributed by atoms with Gasteiger partial charge in [0.1, 0.15) is 6.04 Å². The van der Waals surface area contributed by atoms with Gasteiger partial charge >= 0.3 is 0 Å². The molecule has 0 aromatic heterocycles. The summed E-state index contributed by atoms with van der Waals surface area (Å²) in [6.45, 7) is 3.33. The molecule has 0 aliphatic carbocycles. The Hall–Kier alpha value is -0.650. The van der Waals surface area contributed by atoms with Gasteiger partial charge in [-0.05, 0) is 14.0 Å². The van der Waals surface area contributed by atoms with Gasteiger partial charge in [-0.15, -0.1) is 0 Å². The first-order valence-corrected chi connectivity index (χ1v) is 4.31. The molecule has 76 valence electrons. The number of ether oxygens (including phenoxy) is 1. The Balaban J connectivity index is 2.57. The molecular weight excluding hydrogens is 172 g/mol. The molecule has 1 amide bonds. The number of nitrogens with one attached hydrogen (secondary N) is 1. The minimum absolute atomic E-state index is 0.0890. The predicted octanol–water partition coefficient (Wildman–Crippen LogP) is -0.617. The molecule has 0 aromatic carbocycles. The van der Waals surface area contributed by atoms with E-state index in [2.05, 4.69) is 10.3 Å². The summed E-state index contributed by atoms with van der Waals surface area (Å²) < 4.78 is 5.37. The Labute approximate surface area is 77.9 Å². The number of hydrogen-bond donors (Lipinski definition) is 1. The Kier molecular flexibility index (Phi) is 3.65. The second-order valence-corrected chi connectivity index (χ2v) is 3.17. The van der Waals surface area contributed by atoms with E-state index in [9.17, 15) is 4.79 Å². The van der Waals surface area contributed by atoms with Gasteiger partial charge in [0.25, 0.3) is 5.91 Å². The molecule has 1 aliphatic rings. The number of amides is 1. The van der Waals surface area contributed by atoms with E-state index in [4.69, 9.17) is 4.74 Å². The van der Waals surface area contributed by atoms with E-state index in [1.54, 1.807) is 0 Å². The van der Waals surface area contributed by atoms with E-state index in [1.807, 2.05) is 18.9 Å². The first-order valence-electron chi connectivity index (χ1n) is 4.31. The zero-order valence-corrected chi connectivity index (χ0v) is 8.24. The molecule has 0 aromatic rings. The van der Waals surface area contributed by atoms with Crippen molar-refractivity contribution in [2.45, 2.75) is 19.1 Å². The van der Waals surface area contributed by atoms with Gasteiger partial charge in [-0.1, -0.05) is 0 Å². The van der Waals surface area contributed by atoms with Crippen LogP contribution in [0.5, 0.6) is 0 Å². The third-order valence-corrected chi connectivity index (χ3v) is 2.22. The molecule has 1 saturated heterocycles. The Bertz CT molecular complexity index is 176. The van der Waals surface area contributed by atoms with Gasteiger partial charge in [0, 0.05) is 6.54 Å². The lowest BCUT2D eigenvalue weighted by molar-refractivity contribution is -0.147. The summed E-state index contributed by atoms with van der Waals surface area (Å²) in [5.74, 6) is -0.155. The van der Waals surface area contributed by atoms with Gasteiger partial charge < -0.3 is 4.74 Å². The summed E-state index contributed by atoms with van der Waals surface area (Å²) in [4.78, 5) is 18.0. The molecular formula is C8H16N2O3. The number of carbonyl (C=O) groups excluding carboxylic acids is 1. The highest BCUT2D eigenvalue weighted by Crippen LogP contribution is 2.11. The summed E-state index contributed by atoms with van der Waals surface area (Å²) in [7, 11) is 3.32. The second-order valence-electron chi connectivity index (χ2n) is 3.17. The summed E-state index contributed by atoms with van der Waals surface area (Å²) in [6, 6.07) is -0.256. The van der Waals surface area contributed by atoms with E-state index in [1.165, 1.54) is 7.11 Å². The second kappa shape index (κ2) is 4.55. The molecule has 2 atom stereocenters. The highest BCUT2D eigenvalue weighted by molar-refractivity contribution is 5.81. The Morgan fingerprint density at radius 1 is 1.69 bits per heavy atom. The van der Waals surface area contributed by atoms with E-state index in [0.717, 1.165) is 6.54 Å². The van der Waals surface area contributed by atoms with E-state index < -0.39 is 0 Å². The zero-order valence-electron chi connectivity index (χ0n) is 8.24. The van der Waals surface area contributed by atoms with Crippen molar-refractivity contribution in [3.63, 3.8) is 0 Å². The third-order valence-electron chi connectivity index (χ3n) is 2.22. The normalized spacial score (nSPS) is 30.1. The molecule has 1 rings (SSSR count). The van der Waals surface area contributed by atoms with Gasteiger partial charge in [0.05, 0.1) is 19.8 Å². The number of morpholine rings is 1. The standard InChI is InChI=1S/C8H16N2O3/c1-6-7(8(11)9-12-3)10(2)4-5-13-6/h6-7H,4-5H2,1-3H3,(H,9,11)/t6-,7+/m1/s1. The largest absolute Gasteiger partial charge is 0.375 e. The summed E-state index contributed by atoms with van der Waals surface area (Å²) >= 11 is 0. The van der Waals surface area contributed by atoms with Crippen LogP contribution in [0.1, 0.15) is 6.92 Å². The number of nitrogens with zero attached hydrogens (tertiary/aromatic N) is 1. The maximum Gasteiger partial charge on any atom is 0.263 e. The first kappa shape index (κ1) is 10.4. The molecule has 0 spiro atoms. The van der Waals surface area contributed by atoms with Crippen LogP contribution in [0.15, 0.2) is 0 Å². The van der Waals surface area contributed by atoms with Gasteiger partial charge in [-0.2, -0.15) is 0 Å². The lowest BCUT2D eigenvalue weighted by Crippen LogP contribution is -2.55. The Morgan fingerprint density at radius 3 is 2.92 bits per heavy atom. The lowest BCUT2D eigenvalue weighted by Gasteiger charge is -2.35. The maximum atomic E-state index is 11.5. The van der Waals surface area contributed by atoms with Crippen LogP contribution in [0, 0.1) is 0 Å². The van der Waals surface area contributed by atoms with Gasteiger partial charge in [0.15, 0.2) is 0 Å². The molecule has 1 N–H and O–H groups in total. The Morgan fingerprint density at radius 2 is 2.38 bits per heavy atom. The number of hydroxylamine groups is 1. The highest BCUT2D eigenvalue weighted by atomic mass is 16.6. The average molecular weight is 188 g/mol. The van der Waals surface area contributed by atoms with Crippen molar-refractivity contribution >= 4 is 5.91 Å². The quantitative estimate of drug-likeness (QED) is 0.587. The van der Waals surface area contributed by atoms with Crippen LogP contribution in [0.4, 0.5) is 0 Å².